The average molecular weight is 862 g/mol. The zero-order valence-electron chi connectivity index (χ0n) is 34.4. The third kappa shape index (κ3) is 10.8. The van der Waals surface area contributed by atoms with Gasteiger partial charge in [-0.3, -0.25) is 24.1 Å². The molecule has 3 aliphatic rings. The molecule has 2 heterocycles. The Kier molecular flexibility index (Phi) is 14.6. The van der Waals surface area contributed by atoms with Crippen LogP contribution in [0.1, 0.15) is 62.6 Å². The number of carbonyl (C=O) groups excluding carboxylic acids is 7. The van der Waals surface area contributed by atoms with E-state index in [-0.39, 0.29) is 43.5 Å². The van der Waals surface area contributed by atoms with Crippen molar-refractivity contribution in [3.63, 3.8) is 0 Å². The molecule has 0 radical (unpaired) electrons. The topological polar surface area (TPSA) is 241 Å². The van der Waals surface area contributed by atoms with Crippen molar-refractivity contribution in [3.05, 3.63) is 83.4 Å². The minimum absolute atomic E-state index is 0.0307. The Balaban J connectivity index is 1.18. The standard InChI is InChI=1S/C43H47N3O16/c1-23(47)58-36-37(59-24(2)48)39(60-25(3)49)41(62-38(36)40(52)55-4)61-33-16-15-26(21-57-43(54)46-19-9-14-35(46)51)20-32(33)45-34(50)17-18-44-42(53)56-22-31-29-12-7-5-10-27(29)28-11-6-8-13-30(28)31/h5-8,10-13,15-16,20,31,35-39,41,51H,9,14,17-19,21-22H2,1-4H3,(H,44,53)(H,45,50)/t35?,36-,37-,38-,39+,41?/m0/s1. The molecule has 6 atom stereocenters. The van der Waals surface area contributed by atoms with Crippen molar-refractivity contribution < 1.29 is 76.6 Å². The third-order valence-corrected chi connectivity index (χ3v) is 10.2. The molecule has 19 heteroatoms. The quantitative estimate of drug-likeness (QED) is 0.155. The lowest BCUT2D eigenvalue weighted by Gasteiger charge is -2.43. The first-order valence-corrected chi connectivity index (χ1v) is 19.8. The number of nitrogens with one attached hydrogen (secondary N) is 2. The highest BCUT2D eigenvalue weighted by Gasteiger charge is 2.56. The summed E-state index contributed by atoms with van der Waals surface area (Å²) < 4.78 is 44.1. The van der Waals surface area contributed by atoms with E-state index in [1.54, 1.807) is 0 Å². The predicted octanol–water partition coefficient (Wildman–Crippen LogP) is 3.68. The number of rotatable bonds is 14. The first-order chi connectivity index (χ1) is 29.7. The summed E-state index contributed by atoms with van der Waals surface area (Å²) in [6, 6.07) is 20.0. The van der Waals surface area contributed by atoms with Crippen LogP contribution in [0.3, 0.4) is 0 Å². The molecule has 0 saturated carbocycles. The lowest BCUT2D eigenvalue weighted by molar-refractivity contribution is -0.282. The Hall–Kier alpha value is -6.73. The van der Waals surface area contributed by atoms with E-state index < -0.39 is 78.9 Å². The molecule has 330 valence electrons. The number of hydrogen-bond acceptors (Lipinski definition) is 16. The smallest absolute Gasteiger partial charge is 0.412 e. The molecule has 2 fully saturated rings. The van der Waals surface area contributed by atoms with Gasteiger partial charge >= 0.3 is 36.1 Å². The number of nitrogens with zero attached hydrogens (tertiary/aromatic N) is 1. The molecule has 3 N–H and O–H groups in total. The second kappa shape index (κ2) is 20.2. The van der Waals surface area contributed by atoms with Crippen molar-refractivity contribution in [2.45, 2.75) is 89.5 Å². The van der Waals surface area contributed by atoms with Crippen LogP contribution in [-0.4, -0.2) is 116 Å². The predicted molar refractivity (Wildman–Crippen MR) is 213 cm³/mol. The van der Waals surface area contributed by atoms with E-state index in [1.807, 2.05) is 48.5 Å². The second-order valence-electron chi connectivity index (χ2n) is 14.5. The number of fused-ring (bicyclic) bond motifs is 3. The Morgan fingerprint density at radius 2 is 1.44 bits per heavy atom. The Labute approximate surface area is 355 Å². The van der Waals surface area contributed by atoms with Crippen LogP contribution < -0.4 is 15.4 Å². The molecule has 0 spiro atoms. The highest BCUT2D eigenvalue weighted by molar-refractivity contribution is 5.92. The fourth-order valence-corrected chi connectivity index (χ4v) is 7.50. The number of carbonyl (C=O) groups is 7. The highest BCUT2D eigenvalue weighted by Crippen LogP contribution is 2.44. The number of benzene rings is 3. The fraction of sp³-hybridized carbons (Fsp3) is 0.419. The van der Waals surface area contributed by atoms with Crippen molar-refractivity contribution in [3.8, 4) is 16.9 Å². The van der Waals surface area contributed by atoms with Crippen LogP contribution in [-0.2, 0) is 63.7 Å². The van der Waals surface area contributed by atoms with E-state index >= 15 is 0 Å². The fourth-order valence-electron chi connectivity index (χ4n) is 7.50. The van der Waals surface area contributed by atoms with Gasteiger partial charge in [0.2, 0.25) is 18.3 Å². The van der Waals surface area contributed by atoms with Crippen molar-refractivity contribution in [1.82, 2.24) is 10.2 Å². The molecular formula is C43H47N3O16. The molecule has 3 amide bonds. The Morgan fingerprint density at radius 1 is 0.806 bits per heavy atom. The van der Waals surface area contributed by atoms with Crippen LogP contribution in [0, 0.1) is 0 Å². The summed E-state index contributed by atoms with van der Waals surface area (Å²) in [6.45, 7) is 3.06. The minimum atomic E-state index is -1.76. The summed E-state index contributed by atoms with van der Waals surface area (Å²) in [4.78, 5) is 89.9. The van der Waals surface area contributed by atoms with Crippen molar-refractivity contribution in [2.24, 2.45) is 0 Å². The van der Waals surface area contributed by atoms with Crippen molar-refractivity contribution in [1.29, 1.82) is 0 Å². The molecule has 0 aromatic heterocycles. The molecule has 2 unspecified atom stereocenters. The SMILES string of the molecule is COC(=O)[C@H]1OC(Oc2ccc(COC(=O)N3CCCC3O)cc2NC(=O)CCNC(=O)OCC2c3ccccc3-c3ccccc32)[C@H](OC(C)=O)[C@@H](OC(C)=O)[C@@H]1OC(C)=O. The monoisotopic (exact) mass is 861 g/mol. The number of anilines is 1. The van der Waals surface area contributed by atoms with Gasteiger partial charge in [0.25, 0.3) is 0 Å². The van der Waals surface area contributed by atoms with Gasteiger partial charge in [0.05, 0.1) is 12.8 Å². The molecule has 6 rings (SSSR count). The molecule has 2 saturated heterocycles. The average Bonchev–Trinajstić information content (AvgIpc) is 3.81. The van der Waals surface area contributed by atoms with Gasteiger partial charge in [0, 0.05) is 46.2 Å². The van der Waals surface area contributed by atoms with E-state index in [0.29, 0.717) is 24.9 Å². The van der Waals surface area contributed by atoms with Gasteiger partial charge in [-0.15, -0.1) is 0 Å². The summed E-state index contributed by atoms with van der Waals surface area (Å²) in [5.41, 5.74) is 4.54. The maximum atomic E-state index is 13.4. The third-order valence-electron chi connectivity index (χ3n) is 10.2. The second-order valence-corrected chi connectivity index (χ2v) is 14.5. The van der Waals surface area contributed by atoms with Crippen LogP contribution in [0.5, 0.6) is 5.75 Å². The van der Waals surface area contributed by atoms with Gasteiger partial charge in [-0.1, -0.05) is 54.6 Å². The Bertz CT molecular complexity index is 2130. The highest BCUT2D eigenvalue weighted by atomic mass is 16.7. The normalized spacial score (nSPS) is 21.3. The van der Waals surface area contributed by atoms with E-state index in [0.717, 1.165) is 50.1 Å². The van der Waals surface area contributed by atoms with Crippen molar-refractivity contribution in [2.75, 3.05) is 32.1 Å². The van der Waals surface area contributed by atoms with Gasteiger partial charge in [-0.25, -0.2) is 14.4 Å². The maximum absolute atomic E-state index is 13.4. The van der Waals surface area contributed by atoms with E-state index in [9.17, 15) is 38.7 Å². The zero-order valence-corrected chi connectivity index (χ0v) is 34.4. The summed E-state index contributed by atoms with van der Waals surface area (Å²) in [7, 11) is 1.04. The number of aliphatic hydroxyl groups is 1. The molecule has 1 aliphatic carbocycles. The van der Waals surface area contributed by atoms with E-state index in [1.165, 1.54) is 23.1 Å². The molecule has 62 heavy (non-hydrogen) atoms. The molecule has 3 aromatic rings. The number of aliphatic hydroxyl groups excluding tert-OH is 1. The van der Waals surface area contributed by atoms with Gasteiger partial charge in [-0.05, 0) is 52.8 Å². The Morgan fingerprint density at radius 3 is 2.05 bits per heavy atom. The maximum Gasteiger partial charge on any atom is 0.412 e. The van der Waals surface area contributed by atoms with Crippen LogP contribution in [0.2, 0.25) is 0 Å². The van der Waals surface area contributed by atoms with Gasteiger partial charge in [0.15, 0.2) is 18.3 Å². The number of methoxy groups -OCH3 is 1. The van der Waals surface area contributed by atoms with Gasteiger partial charge in [0.1, 0.15) is 25.2 Å². The molecule has 2 aliphatic heterocycles. The lowest BCUT2D eigenvalue weighted by atomic mass is 9.97. The summed E-state index contributed by atoms with van der Waals surface area (Å²) in [6.07, 6.45) is -10.2. The summed E-state index contributed by atoms with van der Waals surface area (Å²) in [5.74, 6) is -4.65. The number of hydrogen-bond donors (Lipinski definition) is 3. The summed E-state index contributed by atoms with van der Waals surface area (Å²) in [5, 5.41) is 15.4. The minimum Gasteiger partial charge on any atom is -0.467 e. The van der Waals surface area contributed by atoms with Crippen LogP contribution in [0.15, 0.2) is 66.7 Å². The van der Waals surface area contributed by atoms with Crippen LogP contribution >= 0.6 is 0 Å². The van der Waals surface area contributed by atoms with Crippen LogP contribution in [0.4, 0.5) is 15.3 Å². The molecular weight excluding hydrogens is 814 g/mol. The molecule has 3 aromatic carbocycles. The molecule has 0 bridgehead atoms. The van der Waals surface area contributed by atoms with E-state index in [4.69, 9.17) is 37.9 Å². The van der Waals surface area contributed by atoms with Crippen molar-refractivity contribution >= 4 is 47.7 Å². The van der Waals surface area contributed by atoms with Gasteiger partial charge in [-0.2, -0.15) is 0 Å². The first-order valence-electron chi connectivity index (χ1n) is 19.8. The number of alkyl carbamates (subject to hydrolysis) is 1. The molecule has 19 nitrogen and oxygen atoms in total. The number of amides is 3. The largest absolute Gasteiger partial charge is 0.467 e. The number of ether oxygens (including phenoxy) is 8. The van der Waals surface area contributed by atoms with Crippen LogP contribution in [0.25, 0.3) is 11.1 Å². The van der Waals surface area contributed by atoms with E-state index in [2.05, 4.69) is 10.6 Å². The summed E-state index contributed by atoms with van der Waals surface area (Å²) >= 11 is 0. The number of likely N-dealkylation sites (tertiary alicyclic amines) is 1. The van der Waals surface area contributed by atoms with Gasteiger partial charge < -0.3 is 53.6 Å². The first kappa shape index (κ1) is 44.8. The number of esters is 4. The lowest BCUT2D eigenvalue weighted by Crippen LogP contribution is -2.64. The zero-order chi connectivity index (χ0) is 44.5.